The molecule has 0 bridgehead atoms. The Hall–Kier alpha value is -0.350. The largest absolute Gasteiger partial charge is 0.313 e. The first-order valence-corrected chi connectivity index (χ1v) is 7.94. The highest BCUT2D eigenvalue weighted by Crippen LogP contribution is 2.28. The van der Waals surface area contributed by atoms with Crippen LogP contribution in [0.15, 0.2) is 51.4 Å². The predicted octanol–water partition coefficient (Wildman–Crippen LogP) is 5.37. The maximum atomic E-state index is 6.17. The molecule has 0 saturated carbocycles. The second-order valence-electron chi connectivity index (χ2n) is 4.31. The van der Waals surface area contributed by atoms with Gasteiger partial charge in [0.15, 0.2) is 0 Å². The Bertz CT molecular complexity index is 572. The fraction of sp³-hybridized carbons (Fsp3) is 0.200. The molecule has 0 aliphatic carbocycles. The maximum Gasteiger partial charge on any atom is 0.0551 e. The average Bonchev–Trinajstić information content (AvgIpc) is 2.41. The summed E-state index contributed by atoms with van der Waals surface area (Å²) in [7, 11) is 1.97. The first kappa shape index (κ1) is 15.0. The van der Waals surface area contributed by atoms with Crippen LogP contribution in [0.3, 0.4) is 0 Å². The lowest BCUT2D eigenvalue weighted by Crippen LogP contribution is -2.19. The van der Waals surface area contributed by atoms with Crippen molar-refractivity contribution in [2.24, 2.45) is 0 Å². The van der Waals surface area contributed by atoms with Crippen molar-refractivity contribution in [3.05, 3.63) is 67.6 Å². The minimum Gasteiger partial charge on any atom is -0.313 e. The molecule has 0 fully saturated rings. The number of likely N-dealkylation sites (N-methyl/N-ethyl adjacent to an activating group) is 1. The van der Waals surface area contributed by atoms with Gasteiger partial charge >= 0.3 is 0 Å². The summed E-state index contributed by atoms with van der Waals surface area (Å²) in [6.07, 6.45) is 0.913. The van der Waals surface area contributed by atoms with Gasteiger partial charge in [0.25, 0.3) is 0 Å². The molecule has 0 spiro atoms. The van der Waals surface area contributed by atoms with Gasteiger partial charge in [-0.2, -0.15) is 0 Å². The zero-order chi connectivity index (χ0) is 13.8. The summed E-state index contributed by atoms with van der Waals surface area (Å²) in [4.78, 5) is 0. The van der Waals surface area contributed by atoms with E-state index in [-0.39, 0.29) is 6.04 Å². The molecule has 4 heteroatoms. The van der Waals surface area contributed by atoms with E-state index in [0.29, 0.717) is 0 Å². The van der Waals surface area contributed by atoms with Gasteiger partial charge < -0.3 is 5.32 Å². The van der Waals surface area contributed by atoms with E-state index in [1.54, 1.807) is 0 Å². The average molecular weight is 404 g/mol. The van der Waals surface area contributed by atoms with Gasteiger partial charge in [-0.3, -0.25) is 0 Å². The summed E-state index contributed by atoms with van der Waals surface area (Å²) in [6.45, 7) is 0. The number of halogens is 3. The van der Waals surface area contributed by atoms with Crippen molar-refractivity contribution in [1.82, 2.24) is 5.32 Å². The quantitative estimate of drug-likeness (QED) is 0.724. The number of rotatable bonds is 4. The molecule has 0 aliphatic rings. The molecule has 0 aliphatic heterocycles. The third kappa shape index (κ3) is 3.82. The van der Waals surface area contributed by atoms with Crippen molar-refractivity contribution in [1.29, 1.82) is 0 Å². The SMILES string of the molecule is CNC(Cc1ccccc1Br)c1ccc(Br)c(Cl)c1. The zero-order valence-corrected chi connectivity index (χ0v) is 14.4. The van der Waals surface area contributed by atoms with Gasteiger partial charge in [0.2, 0.25) is 0 Å². The Morgan fingerprint density at radius 3 is 2.47 bits per heavy atom. The van der Waals surface area contributed by atoms with E-state index >= 15 is 0 Å². The first-order valence-electron chi connectivity index (χ1n) is 5.97. The Morgan fingerprint density at radius 2 is 1.84 bits per heavy atom. The lowest BCUT2D eigenvalue weighted by atomic mass is 9.99. The summed E-state index contributed by atoms with van der Waals surface area (Å²) in [6, 6.07) is 14.6. The van der Waals surface area contributed by atoms with Crippen LogP contribution in [0, 0.1) is 0 Å². The second-order valence-corrected chi connectivity index (χ2v) is 6.43. The van der Waals surface area contributed by atoms with Crippen LogP contribution in [0.5, 0.6) is 0 Å². The normalized spacial score (nSPS) is 12.4. The van der Waals surface area contributed by atoms with Crippen molar-refractivity contribution in [3.8, 4) is 0 Å². The van der Waals surface area contributed by atoms with Crippen LogP contribution in [-0.2, 0) is 6.42 Å². The second kappa shape index (κ2) is 6.89. The third-order valence-electron chi connectivity index (χ3n) is 3.08. The van der Waals surface area contributed by atoms with Gasteiger partial charge in [-0.15, -0.1) is 0 Å². The summed E-state index contributed by atoms with van der Waals surface area (Å²) in [5.41, 5.74) is 2.47. The van der Waals surface area contributed by atoms with Crippen molar-refractivity contribution < 1.29 is 0 Å². The molecule has 2 rings (SSSR count). The topological polar surface area (TPSA) is 12.0 Å². The Kier molecular flexibility index (Phi) is 5.46. The zero-order valence-electron chi connectivity index (χ0n) is 10.5. The molecule has 0 aromatic heterocycles. The van der Waals surface area contributed by atoms with Gasteiger partial charge in [-0.1, -0.05) is 51.8 Å². The van der Waals surface area contributed by atoms with E-state index in [1.807, 2.05) is 25.2 Å². The van der Waals surface area contributed by atoms with Crippen LogP contribution in [-0.4, -0.2) is 7.05 Å². The minimum atomic E-state index is 0.240. The molecule has 2 aromatic carbocycles. The van der Waals surface area contributed by atoms with E-state index in [2.05, 4.69) is 61.4 Å². The Labute approximate surface area is 135 Å². The lowest BCUT2D eigenvalue weighted by molar-refractivity contribution is 0.591. The number of hydrogen-bond acceptors (Lipinski definition) is 1. The highest BCUT2D eigenvalue weighted by Gasteiger charge is 2.13. The fourth-order valence-corrected chi connectivity index (χ4v) is 2.88. The fourth-order valence-electron chi connectivity index (χ4n) is 2.00. The third-order valence-corrected chi connectivity index (χ3v) is 5.08. The number of benzene rings is 2. The molecular weight excluding hydrogens is 389 g/mol. The minimum absolute atomic E-state index is 0.240. The molecule has 1 unspecified atom stereocenters. The molecule has 0 saturated heterocycles. The van der Waals surface area contributed by atoms with E-state index < -0.39 is 0 Å². The van der Waals surface area contributed by atoms with Gasteiger partial charge in [0.05, 0.1) is 5.02 Å². The molecule has 1 atom stereocenters. The van der Waals surface area contributed by atoms with Crippen molar-refractivity contribution >= 4 is 43.5 Å². The number of nitrogens with one attached hydrogen (secondary N) is 1. The molecule has 0 amide bonds. The highest BCUT2D eigenvalue weighted by molar-refractivity contribution is 9.10. The van der Waals surface area contributed by atoms with Gasteiger partial charge in [-0.25, -0.2) is 0 Å². The molecule has 1 N–H and O–H groups in total. The van der Waals surface area contributed by atoms with E-state index in [1.165, 1.54) is 11.1 Å². The summed E-state index contributed by atoms with van der Waals surface area (Å²) < 4.78 is 2.06. The summed E-state index contributed by atoms with van der Waals surface area (Å²) in [5, 5.41) is 4.09. The van der Waals surface area contributed by atoms with E-state index in [0.717, 1.165) is 20.4 Å². The molecule has 2 aromatic rings. The monoisotopic (exact) mass is 401 g/mol. The van der Waals surface area contributed by atoms with Crippen LogP contribution in [0.2, 0.25) is 5.02 Å². The first-order chi connectivity index (χ1) is 9.11. The lowest BCUT2D eigenvalue weighted by Gasteiger charge is -2.18. The Balaban J connectivity index is 2.25. The molecule has 0 heterocycles. The molecule has 1 nitrogen and oxygen atoms in total. The van der Waals surface area contributed by atoms with E-state index in [9.17, 15) is 0 Å². The van der Waals surface area contributed by atoms with Crippen molar-refractivity contribution in [2.75, 3.05) is 7.05 Å². The summed E-state index contributed by atoms with van der Waals surface area (Å²) in [5.74, 6) is 0. The molecule has 100 valence electrons. The van der Waals surface area contributed by atoms with Gasteiger partial charge in [0, 0.05) is 15.0 Å². The van der Waals surface area contributed by atoms with Crippen LogP contribution in [0.25, 0.3) is 0 Å². The van der Waals surface area contributed by atoms with Crippen LogP contribution in [0.1, 0.15) is 17.2 Å². The maximum absolute atomic E-state index is 6.17. The predicted molar refractivity (Wildman–Crippen MR) is 88.8 cm³/mol. The van der Waals surface area contributed by atoms with Gasteiger partial charge in [0.1, 0.15) is 0 Å². The smallest absolute Gasteiger partial charge is 0.0551 e. The highest BCUT2D eigenvalue weighted by atomic mass is 79.9. The van der Waals surface area contributed by atoms with E-state index in [4.69, 9.17) is 11.6 Å². The van der Waals surface area contributed by atoms with Crippen LogP contribution < -0.4 is 5.32 Å². The standard InChI is InChI=1S/C15H14Br2ClN/c1-19-15(9-10-4-2-3-5-12(10)16)11-6-7-13(17)14(18)8-11/h2-8,15,19H,9H2,1H3. The molecular formula is C15H14Br2ClN. The number of hydrogen-bond donors (Lipinski definition) is 1. The van der Waals surface area contributed by atoms with Crippen molar-refractivity contribution in [2.45, 2.75) is 12.5 Å². The van der Waals surface area contributed by atoms with Gasteiger partial charge in [-0.05, 0) is 58.7 Å². The van der Waals surface area contributed by atoms with Crippen LogP contribution in [0.4, 0.5) is 0 Å². The van der Waals surface area contributed by atoms with Crippen molar-refractivity contribution in [3.63, 3.8) is 0 Å². The molecule has 0 radical (unpaired) electrons. The molecule has 19 heavy (non-hydrogen) atoms. The van der Waals surface area contributed by atoms with Crippen LogP contribution >= 0.6 is 43.5 Å². The Morgan fingerprint density at radius 1 is 1.11 bits per heavy atom. The summed E-state index contributed by atoms with van der Waals surface area (Å²) >= 11 is 13.2.